The Bertz CT molecular complexity index is 933. The maximum Gasteiger partial charge on any atom is 0.180 e. The molecular weight excluding hydrogens is 440 g/mol. The van der Waals surface area contributed by atoms with Crippen LogP contribution < -0.4 is 14.2 Å². The van der Waals surface area contributed by atoms with E-state index in [4.69, 9.17) is 30.5 Å². The van der Waals surface area contributed by atoms with Crippen LogP contribution in [0.2, 0.25) is 5.02 Å². The summed E-state index contributed by atoms with van der Waals surface area (Å²) in [5, 5.41) is 41.0. The molecule has 2 aliphatic heterocycles. The number of aliphatic hydroxyl groups excluding tert-OH is 4. The fourth-order valence-corrected chi connectivity index (χ4v) is 4.31. The predicted octanol–water partition coefficient (Wildman–Crippen LogP) is 1.62. The highest BCUT2D eigenvalue weighted by Gasteiger charge is 2.45. The van der Waals surface area contributed by atoms with Crippen LogP contribution in [0, 0.1) is 0 Å². The van der Waals surface area contributed by atoms with Gasteiger partial charge in [-0.1, -0.05) is 23.7 Å². The Hall–Kier alpha value is -2.07. The van der Waals surface area contributed by atoms with E-state index in [2.05, 4.69) is 0 Å². The normalized spacial score (nSPS) is 27.2. The lowest BCUT2D eigenvalue weighted by molar-refractivity contribution is -0.232. The molecule has 0 amide bonds. The lowest BCUT2D eigenvalue weighted by atomic mass is 9.89. The summed E-state index contributed by atoms with van der Waals surface area (Å²) in [6, 6.07) is 9.38. The Morgan fingerprint density at radius 1 is 1.00 bits per heavy atom. The third kappa shape index (κ3) is 4.39. The molecule has 0 spiro atoms. The molecular formula is C23H27ClO8. The highest BCUT2D eigenvalue weighted by Crippen LogP contribution is 2.48. The molecule has 2 heterocycles. The lowest BCUT2D eigenvalue weighted by Crippen LogP contribution is -2.55. The third-order valence-corrected chi connectivity index (χ3v) is 6.10. The average Bonchev–Trinajstić information content (AvgIpc) is 2.81. The van der Waals surface area contributed by atoms with E-state index >= 15 is 0 Å². The molecule has 1 fully saturated rings. The van der Waals surface area contributed by atoms with Crippen LogP contribution in [0.5, 0.6) is 17.2 Å². The Balaban J connectivity index is 1.72. The van der Waals surface area contributed by atoms with Crippen LogP contribution in [0.1, 0.15) is 29.7 Å². The van der Waals surface area contributed by atoms with Crippen molar-refractivity contribution < 1.29 is 39.4 Å². The minimum absolute atomic E-state index is 0.284. The van der Waals surface area contributed by atoms with Crippen LogP contribution in [0.3, 0.4) is 0 Å². The van der Waals surface area contributed by atoms with Gasteiger partial charge in [0.15, 0.2) is 11.5 Å². The summed E-state index contributed by atoms with van der Waals surface area (Å²) in [6.07, 6.45) is -6.03. The van der Waals surface area contributed by atoms with Crippen LogP contribution in [0.4, 0.5) is 0 Å². The number of hydrogen-bond donors (Lipinski definition) is 4. The zero-order valence-electron chi connectivity index (χ0n) is 17.6. The lowest BCUT2D eigenvalue weighted by Gasteiger charge is -2.41. The fraction of sp³-hybridized carbons (Fsp3) is 0.478. The molecule has 4 rings (SSSR count). The van der Waals surface area contributed by atoms with E-state index in [1.807, 2.05) is 31.2 Å². The molecule has 9 heteroatoms. The van der Waals surface area contributed by atoms with Gasteiger partial charge in [-0.05, 0) is 42.7 Å². The monoisotopic (exact) mass is 466 g/mol. The third-order valence-electron chi connectivity index (χ3n) is 5.68. The first kappa shape index (κ1) is 23.1. The van der Waals surface area contributed by atoms with Crippen LogP contribution in [-0.4, -0.2) is 71.3 Å². The van der Waals surface area contributed by atoms with Crippen molar-refractivity contribution in [1.82, 2.24) is 0 Å². The second-order valence-electron chi connectivity index (χ2n) is 7.80. The summed E-state index contributed by atoms with van der Waals surface area (Å²) in [7, 11) is 0. The Labute approximate surface area is 190 Å². The maximum absolute atomic E-state index is 10.6. The molecule has 32 heavy (non-hydrogen) atoms. The van der Waals surface area contributed by atoms with Crippen molar-refractivity contribution in [3.05, 3.63) is 52.0 Å². The Morgan fingerprint density at radius 2 is 1.69 bits per heavy atom. The van der Waals surface area contributed by atoms with Crippen LogP contribution in [0.15, 0.2) is 30.3 Å². The van der Waals surface area contributed by atoms with Gasteiger partial charge in [-0.3, -0.25) is 0 Å². The van der Waals surface area contributed by atoms with E-state index in [9.17, 15) is 20.4 Å². The van der Waals surface area contributed by atoms with Gasteiger partial charge >= 0.3 is 0 Å². The zero-order valence-corrected chi connectivity index (χ0v) is 18.4. The van der Waals surface area contributed by atoms with E-state index < -0.39 is 37.1 Å². The SMILES string of the molecule is CCOc1ccc(Cc2cc(C3OC(CO)C(O)C(O)C3O)c3c(c2Cl)OCCO3)cc1. The summed E-state index contributed by atoms with van der Waals surface area (Å²) < 4.78 is 22.8. The molecule has 4 N–H and O–H groups in total. The summed E-state index contributed by atoms with van der Waals surface area (Å²) >= 11 is 6.65. The molecule has 1 saturated heterocycles. The van der Waals surface area contributed by atoms with Crippen molar-refractivity contribution in [3.8, 4) is 17.2 Å². The maximum atomic E-state index is 10.6. The molecule has 2 aromatic carbocycles. The van der Waals surface area contributed by atoms with E-state index in [1.54, 1.807) is 6.07 Å². The number of rotatable bonds is 6. The van der Waals surface area contributed by atoms with Crippen molar-refractivity contribution in [2.45, 2.75) is 43.9 Å². The number of fused-ring (bicyclic) bond motifs is 1. The average molecular weight is 467 g/mol. The van der Waals surface area contributed by atoms with Crippen molar-refractivity contribution in [1.29, 1.82) is 0 Å². The highest BCUT2D eigenvalue weighted by atomic mass is 35.5. The van der Waals surface area contributed by atoms with E-state index in [0.29, 0.717) is 47.3 Å². The first-order valence-electron chi connectivity index (χ1n) is 10.6. The standard InChI is InChI=1S/C23H27ClO8/c1-2-29-14-5-3-12(4-6-14)9-13-10-15(22-23(17(13)24)31-8-7-30-22)21-20(28)19(27)18(26)16(11-25)32-21/h3-6,10,16,18-21,25-28H,2,7-9,11H2,1H3. The van der Waals surface area contributed by atoms with Gasteiger partial charge in [-0.25, -0.2) is 0 Å². The summed E-state index contributed by atoms with van der Waals surface area (Å²) in [4.78, 5) is 0. The molecule has 2 aliphatic rings. The number of hydrogen-bond acceptors (Lipinski definition) is 8. The second-order valence-corrected chi connectivity index (χ2v) is 8.18. The topological polar surface area (TPSA) is 118 Å². The predicted molar refractivity (Wildman–Crippen MR) is 116 cm³/mol. The summed E-state index contributed by atoms with van der Waals surface area (Å²) in [5.41, 5.74) is 2.13. The fourth-order valence-electron chi connectivity index (χ4n) is 4.05. The second kappa shape index (κ2) is 9.82. The van der Waals surface area contributed by atoms with Crippen molar-refractivity contribution in [2.75, 3.05) is 26.4 Å². The molecule has 2 aromatic rings. The van der Waals surface area contributed by atoms with Crippen molar-refractivity contribution in [2.24, 2.45) is 0 Å². The van der Waals surface area contributed by atoms with Gasteiger partial charge in [-0.2, -0.15) is 0 Å². The Kier molecular flexibility index (Phi) is 7.09. The smallest absolute Gasteiger partial charge is 0.180 e. The molecule has 0 saturated carbocycles. The van der Waals surface area contributed by atoms with Crippen LogP contribution >= 0.6 is 11.6 Å². The van der Waals surface area contributed by atoms with Gasteiger partial charge < -0.3 is 39.4 Å². The molecule has 174 valence electrons. The molecule has 0 aromatic heterocycles. The van der Waals surface area contributed by atoms with Crippen LogP contribution in [-0.2, 0) is 11.2 Å². The van der Waals surface area contributed by atoms with Gasteiger partial charge in [0.1, 0.15) is 49.5 Å². The van der Waals surface area contributed by atoms with Crippen molar-refractivity contribution in [3.63, 3.8) is 0 Å². The van der Waals surface area contributed by atoms with Crippen molar-refractivity contribution >= 4 is 11.6 Å². The largest absolute Gasteiger partial charge is 0.494 e. The molecule has 5 unspecified atom stereocenters. The first-order valence-corrected chi connectivity index (χ1v) is 11.0. The number of aliphatic hydroxyl groups is 4. The number of benzene rings is 2. The van der Waals surface area contributed by atoms with Gasteiger partial charge in [-0.15, -0.1) is 0 Å². The quantitative estimate of drug-likeness (QED) is 0.507. The summed E-state index contributed by atoms with van der Waals surface area (Å²) in [5.74, 6) is 1.43. The van der Waals surface area contributed by atoms with E-state index in [1.165, 1.54) is 0 Å². The molecule has 8 nitrogen and oxygen atoms in total. The summed E-state index contributed by atoms with van der Waals surface area (Å²) in [6.45, 7) is 2.58. The molecule has 0 radical (unpaired) electrons. The minimum Gasteiger partial charge on any atom is -0.494 e. The van der Waals surface area contributed by atoms with Crippen LogP contribution in [0.25, 0.3) is 0 Å². The zero-order chi connectivity index (χ0) is 22.8. The number of halogens is 1. The molecule has 0 bridgehead atoms. The molecule has 0 aliphatic carbocycles. The first-order chi connectivity index (χ1) is 15.4. The number of ether oxygens (including phenoxy) is 4. The van der Waals surface area contributed by atoms with Gasteiger partial charge in [0, 0.05) is 5.56 Å². The van der Waals surface area contributed by atoms with E-state index in [0.717, 1.165) is 11.3 Å². The van der Waals surface area contributed by atoms with E-state index in [-0.39, 0.29) is 6.61 Å². The molecule has 5 atom stereocenters. The van der Waals surface area contributed by atoms with Gasteiger partial charge in [0.05, 0.1) is 18.2 Å². The minimum atomic E-state index is -1.50. The van der Waals surface area contributed by atoms with Gasteiger partial charge in [0.2, 0.25) is 0 Å². The highest BCUT2D eigenvalue weighted by molar-refractivity contribution is 6.33. The Morgan fingerprint density at radius 3 is 2.34 bits per heavy atom. The van der Waals surface area contributed by atoms with Gasteiger partial charge in [0.25, 0.3) is 0 Å².